The van der Waals surface area contributed by atoms with Crippen molar-refractivity contribution in [2.24, 2.45) is 14.1 Å². The molecule has 0 spiro atoms. The van der Waals surface area contributed by atoms with Gasteiger partial charge in [0.1, 0.15) is 13.2 Å². The zero-order valence-corrected chi connectivity index (χ0v) is 20.7. The number of carboxylic acids is 2. The maximum absolute atomic E-state index is 12.6. The van der Waals surface area contributed by atoms with Crippen LogP contribution in [0.1, 0.15) is 12.8 Å². The first-order valence-electron chi connectivity index (χ1n) is 11.3. The van der Waals surface area contributed by atoms with E-state index in [1.54, 1.807) is 4.90 Å². The normalized spacial score (nSPS) is 12.9. The Morgan fingerprint density at radius 2 is 1.39 bits per heavy atom. The number of aliphatic hydroxyl groups excluding tert-OH is 2. The minimum Gasteiger partial charge on any atom is -0.481 e. The van der Waals surface area contributed by atoms with Crippen LogP contribution in [0.25, 0.3) is 11.2 Å². The van der Waals surface area contributed by atoms with Gasteiger partial charge in [-0.2, -0.15) is 0 Å². The van der Waals surface area contributed by atoms with Crippen LogP contribution in [0.3, 0.4) is 0 Å². The molecule has 17 nitrogen and oxygen atoms in total. The summed E-state index contributed by atoms with van der Waals surface area (Å²) in [6.45, 7) is -0.136. The van der Waals surface area contributed by atoms with Gasteiger partial charge in [0.2, 0.25) is 0 Å². The Bertz CT molecular complexity index is 1260. The Kier molecular flexibility index (Phi) is 10.7. The van der Waals surface area contributed by atoms with Gasteiger partial charge in [0.25, 0.3) is 5.56 Å². The van der Waals surface area contributed by atoms with Gasteiger partial charge in [0.05, 0.1) is 19.2 Å². The lowest BCUT2D eigenvalue weighted by atomic mass is 10.2. The van der Waals surface area contributed by atoms with E-state index in [0.717, 1.165) is 4.57 Å². The number of imidazole rings is 1. The predicted molar refractivity (Wildman–Crippen MR) is 125 cm³/mol. The van der Waals surface area contributed by atoms with Crippen molar-refractivity contribution < 1.29 is 49.1 Å². The molecule has 0 saturated carbocycles. The average molecular weight is 543 g/mol. The Balaban J connectivity index is 2.08. The summed E-state index contributed by atoms with van der Waals surface area (Å²) in [6, 6.07) is 0. The van der Waals surface area contributed by atoms with Crippen molar-refractivity contribution >= 4 is 35.0 Å². The molecule has 4 N–H and O–H groups in total. The van der Waals surface area contributed by atoms with Gasteiger partial charge in [0.15, 0.2) is 23.4 Å². The molecule has 2 aromatic heterocycles. The molecule has 0 aliphatic carbocycles. The fourth-order valence-electron chi connectivity index (χ4n) is 3.39. The number of carbonyl (C=O) groups excluding carboxylic acids is 2. The maximum atomic E-state index is 12.6. The summed E-state index contributed by atoms with van der Waals surface area (Å²) < 4.78 is 13.5. The first kappa shape index (κ1) is 30.1. The number of aliphatic hydroxyl groups is 2. The molecule has 2 atom stereocenters. The van der Waals surface area contributed by atoms with E-state index in [-0.39, 0.29) is 50.6 Å². The van der Waals surface area contributed by atoms with E-state index in [9.17, 15) is 39.0 Å². The number of ether oxygens (including phenoxy) is 2. The molecule has 2 heterocycles. The molecule has 0 bridgehead atoms. The number of aliphatic carboxylic acids is 2. The molecule has 0 amide bonds. The molecule has 210 valence electrons. The Morgan fingerprint density at radius 1 is 0.895 bits per heavy atom. The van der Waals surface area contributed by atoms with Crippen LogP contribution < -0.4 is 11.2 Å². The number of nitrogens with zero attached hydrogens (tertiary/aromatic N) is 5. The standard InChI is InChI=1S/C21H29N5O12/c1-23-17-16(18(33)24(2)21(23)36)26(11-22-17)4-3-25(5-7-37-19(34)12(27)9-14(29)30)6-8-38-20(35)13(28)10-15(31)32/h11-13,27-28H,3-10H2,1-2H3,(H,29,30)(H,31,32)/t12-,13-/m0/s1. The molecule has 38 heavy (non-hydrogen) atoms. The highest BCUT2D eigenvalue weighted by atomic mass is 16.6. The lowest BCUT2D eigenvalue weighted by Gasteiger charge is -2.23. The minimum absolute atomic E-state index is 0.0316. The fraction of sp³-hybridized carbons (Fsp3) is 0.571. The Labute approximate surface area is 214 Å². The number of aryl methyl sites for hydroxylation is 1. The second kappa shape index (κ2) is 13.5. The van der Waals surface area contributed by atoms with Gasteiger partial charge in [0, 0.05) is 40.3 Å². The van der Waals surface area contributed by atoms with Crippen molar-refractivity contribution in [2.75, 3.05) is 32.8 Å². The molecule has 2 aromatic rings. The Hall–Kier alpha value is -4.09. The zero-order chi connectivity index (χ0) is 28.6. The van der Waals surface area contributed by atoms with Crippen molar-refractivity contribution in [3.63, 3.8) is 0 Å². The average Bonchev–Trinajstić information content (AvgIpc) is 3.27. The van der Waals surface area contributed by atoms with Gasteiger partial charge in [-0.25, -0.2) is 19.4 Å². The van der Waals surface area contributed by atoms with Crippen LogP contribution >= 0.6 is 0 Å². The van der Waals surface area contributed by atoms with E-state index in [0.29, 0.717) is 0 Å². The molecule has 0 aliphatic rings. The number of hydrogen-bond donors (Lipinski definition) is 4. The van der Waals surface area contributed by atoms with E-state index in [4.69, 9.17) is 19.7 Å². The number of aromatic nitrogens is 4. The quantitative estimate of drug-likeness (QED) is 0.160. The van der Waals surface area contributed by atoms with Gasteiger partial charge >= 0.3 is 29.6 Å². The monoisotopic (exact) mass is 543 g/mol. The van der Waals surface area contributed by atoms with Crippen LogP contribution in [0, 0.1) is 0 Å². The van der Waals surface area contributed by atoms with Crippen LogP contribution in [0.15, 0.2) is 15.9 Å². The van der Waals surface area contributed by atoms with Gasteiger partial charge < -0.3 is 34.5 Å². The van der Waals surface area contributed by atoms with Crippen molar-refractivity contribution in [2.45, 2.75) is 31.6 Å². The second-order valence-corrected chi connectivity index (χ2v) is 8.22. The highest BCUT2D eigenvalue weighted by Gasteiger charge is 2.22. The van der Waals surface area contributed by atoms with E-state index in [1.807, 2.05) is 0 Å². The number of rotatable bonds is 15. The van der Waals surface area contributed by atoms with E-state index >= 15 is 0 Å². The van der Waals surface area contributed by atoms with Crippen molar-refractivity contribution in [3.05, 3.63) is 27.2 Å². The van der Waals surface area contributed by atoms with E-state index in [1.165, 1.54) is 29.6 Å². The molecular formula is C21H29N5O12. The third-order valence-electron chi connectivity index (χ3n) is 5.46. The van der Waals surface area contributed by atoms with Crippen LogP contribution in [-0.4, -0.2) is 113 Å². The van der Waals surface area contributed by atoms with Crippen LogP contribution in [0.4, 0.5) is 0 Å². The molecule has 2 rings (SSSR count). The molecule has 0 aromatic carbocycles. The van der Waals surface area contributed by atoms with Gasteiger partial charge in [-0.15, -0.1) is 0 Å². The number of fused-ring (bicyclic) bond motifs is 1. The number of esters is 2. The van der Waals surface area contributed by atoms with Crippen molar-refractivity contribution in [1.29, 1.82) is 0 Å². The maximum Gasteiger partial charge on any atom is 0.335 e. The van der Waals surface area contributed by atoms with Gasteiger partial charge in [-0.3, -0.25) is 28.4 Å². The van der Waals surface area contributed by atoms with Crippen molar-refractivity contribution in [3.8, 4) is 0 Å². The van der Waals surface area contributed by atoms with Gasteiger partial charge in [-0.1, -0.05) is 0 Å². The molecule has 0 fully saturated rings. The van der Waals surface area contributed by atoms with E-state index < -0.39 is 60.2 Å². The largest absolute Gasteiger partial charge is 0.481 e. The zero-order valence-electron chi connectivity index (χ0n) is 20.7. The number of carbonyl (C=O) groups is 4. The van der Waals surface area contributed by atoms with Gasteiger partial charge in [-0.05, 0) is 0 Å². The number of carboxylic acid groups (broad SMARTS) is 2. The second-order valence-electron chi connectivity index (χ2n) is 8.22. The first-order valence-corrected chi connectivity index (χ1v) is 11.3. The van der Waals surface area contributed by atoms with E-state index in [2.05, 4.69) is 4.98 Å². The van der Waals surface area contributed by atoms with Crippen LogP contribution in [0.2, 0.25) is 0 Å². The highest BCUT2D eigenvalue weighted by molar-refractivity contribution is 5.81. The summed E-state index contributed by atoms with van der Waals surface area (Å²) in [5.41, 5.74) is -0.767. The summed E-state index contributed by atoms with van der Waals surface area (Å²) >= 11 is 0. The molecular weight excluding hydrogens is 514 g/mol. The summed E-state index contributed by atoms with van der Waals surface area (Å²) in [4.78, 5) is 75.3. The first-order chi connectivity index (χ1) is 17.8. The SMILES string of the molecule is Cn1c(=O)c2c(ncn2CCN(CCOC(=O)[C@@H](O)CC(=O)O)CCOC(=O)[C@@H](O)CC(=O)O)n(C)c1=O. The van der Waals surface area contributed by atoms with Crippen LogP contribution in [-0.2, 0) is 49.3 Å². The predicted octanol–water partition coefficient (Wildman–Crippen LogP) is -3.51. The summed E-state index contributed by atoms with van der Waals surface area (Å²) in [6.07, 6.45) is -3.99. The smallest absolute Gasteiger partial charge is 0.335 e. The number of hydrogen-bond acceptors (Lipinski definition) is 12. The highest BCUT2D eigenvalue weighted by Crippen LogP contribution is 2.06. The fourth-order valence-corrected chi connectivity index (χ4v) is 3.39. The summed E-state index contributed by atoms with van der Waals surface area (Å²) in [5.74, 6) is -5.06. The molecule has 0 unspecified atom stereocenters. The third kappa shape index (κ3) is 7.95. The van der Waals surface area contributed by atoms with Crippen molar-refractivity contribution in [1.82, 2.24) is 23.6 Å². The molecule has 0 aliphatic heterocycles. The summed E-state index contributed by atoms with van der Waals surface area (Å²) in [5, 5.41) is 36.4. The molecule has 0 radical (unpaired) electrons. The lowest BCUT2D eigenvalue weighted by molar-refractivity contribution is -0.159. The molecule has 0 saturated heterocycles. The third-order valence-corrected chi connectivity index (χ3v) is 5.46. The van der Waals surface area contributed by atoms with Crippen LogP contribution in [0.5, 0.6) is 0 Å². The summed E-state index contributed by atoms with van der Waals surface area (Å²) in [7, 11) is 2.79. The molecule has 17 heteroatoms. The Morgan fingerprint density at radius 3 is 1.87 bits per heavy atom. The lowest BCUT2D eigenvalue weighted by Crippen LogP contribution is -2.38. The minimum atomic E-state index is -1.85. The topological polar surface area (TPSA) is 233 Å².